The molecule has 5 heteroatoms. The normalized spacial score (nSPS) is 14.5. The van der Waals surface area contributed by atoms with Gasteiger partial charge in [0.25, 0.3) is 5.91 Å². The maximum absolute atomic E-state index is 12.7. The van der Waals surface area contributed by atoms with Crippen molar-refractivity contribution in [1.29, 1.82) is 0 Å². The first-order chi connectivity index (χ1) is 13.3. The molecule has 0 saturated carbocycles. The number of ether oxygens (including phenoxy) is 1. The summed E-state index contributed by atoms with van der Waals surface area (Å²) in [6, 6.07) is 12.1. The summed E-state index contributed by atoms with van der Waals surface area (Å²) < 4.78 is 5.92. The number of hydrogen-bond donors (Lipinski definition) is 0. The third kappa shape index (κ3) is 4.79. The van der Waals surface area contributed by atoms with Gasteiger partial charge in [-0.2, -0.15) is 0 Å². The van der Waals surface area contributed by atoms with E-state index in [9.17, 15) is 4.79 Å². The van der Waals surface area contributed by atoms with E-state index in [1.54, 1.807) is 0 Å². The molecule has 1 heterocycles. The summed E-state index contributed by atoms with van der Waals surface area (Å²) >= 11 is 6.15. The van der Waals surface area contributed by atoms with Crippen LogP contribution < -0.4 is 9.64 Å². The van der Waals surface area contributed by atoms with Crippen molar-refractivity contribution >= 4 is 23.2 Å². The van der Waals surface area contributed by atoms with Gasteiger partial charge in [-0.15, -0.1) is 0 Å². The number of piperazine rings is 1. The minimum absolute atomic E-state index is 0.0404. The van der Waals surface area contributed by atoms with Crippen molar-refractivity contribution in [3.63, 3.8) is 0 Å². The van der Waals surface area contributed by atoms with Crippen molar-refractivity contribution < 1.29 is 9.53 Å². The first kappa shape index (κ1) is 20.5. The number of rotatable bonds is 5. The van der Waals surface area contributed by atoms with Crippen LogP contribution in [0.15, 0.2) is 36.4 Å². The van der Waals surface area contributed by atoms with Gasteiger partial charge >= 0.3 is 0 Å². The number of aryl methyl sites for hydroxylation is 2. The molecule has 0 bridgehead atoms. The van der Waals surface area contributed by atoms with E-state index in [4.69, 9.17) is 16.3 Å². The Balaban J connectivity index is 1.57. The number of halogens is 1. The summed E-state index contributed by atoms with van der Waals surface area (Å²) in [7, 11) is 0. The van der Waals surface area contributed by atoms with Gasteiger partial charge in [-0.25, -0.2) is 0 Å². The highest BCUT2D eigenvalue weighted by atomic mass is 35.5. The van der Waals surface area contributed by atoms with Crippen molar-refractivity contribution in [2.75, 3.05) is 37.7 Å². The second-order valence-electron chi connectivity index (χ2n) is 7.78. The molecule has 0 atom stereocenters. The van der Waals surface area contributed by atoms with Crippen molar-refractivity contribution in [2.24, 2.45) is 0 Å². The molecule has 28 heavy (non-hydrogen) atoms. The second kappa shape index (κ2) is 8.87. The topological polar surface area (TPSA) is 32.8 Å². The standard InChI is InChI=1S/C23H29ClN2O2/c1-16(2)20-8-5-17(3)13-22(20)28-15-23(27)26-11-9-25(10-12-26)21-14-19(24)7-6-18(21)4/h5-8,13-14,16H,9-12,15H2,1-4H3. The monoisotopic (exact) mass is 400 g/mol. The summed E-state index contributed by atoms with van der Waals surface area (Å²) in [6.45, 7) is 11.5. The number of anilines is 1. The van der Waals surface area contributed by atoms with Gasteiger partial charge in [0.05, 0.1) is 0 Å². The largest absolute Gasteiger partial charge is 0.483 e. The third-order valence-corrected chi connectivity index (χ3v) is 5.52. The fourth-order valence-electron chi connectivity index (χ4n) is 3.59. The maximum Gasteiger partial charge on any atom is 0.260 e. The van der Waals surface area contributed by atoms with E-state index in [0.29, 0.717) is 19.0 Å². The fraction of sp³-hybridized carbons (Fsp3) is 0.435. The Morgan fingerprint density at radius 3 is 2.46 bits per heavy atom. The minimum atomic E-state index is 0.0404. The molecule has 3 rings (SSSR count). The molecule has 1 aliphatic heterocycles. The van der Waals surface area contributed by atoms with Crippen LogP contribution in [-0.4, -0.2) is 43.6 Å². The molecular weight excluding hydrogens is 372 g/mol. The van der Waals surface area contributed by atoms with Crippen LogP contribution in [-0.2, 0) is 4.79 Å². The zero-order valence-corrected chi connectivity index (χ0v) is 17.9. The van der Waals surface area contributed by atoms with Crippen molar-refractivity contribution in [3.8, 4) is 5.75 Å². The minimum Gasteiger partial charge on any atom is -0.483 e. The molecule has 4 nitrogen and oxygen atoms in total. The molecule has 1 amide bonds. The number of hydrogen-bond acceptors (Lipinski definition) is 3. The lowest BCUT2D eigenvalue weighted by Crippen LogP contribution is -2.50. The van der Waals surface area contributed by atoms with Crippen molar-refractivity contribution in [3.05, 3.63) is 58.1 Å². The Labute approximate surface area is 173 Å². The van der Waals surface area contributed by atoms with Crippen LogP contribution in [0, 0.1) is 13.8 Å². The molecule has 2 aromatic carbocycles. The van der Waals surface area contributed by atoms with Crippen LogP contribution in [0.25, 0.3) is 0 Å². The number of carbonyl (C=O) groups excluding carboxylic acids is 1. The molecule has 150 valence electrons. The van der Waals surface area contributed by atoms with Crippen LogP contribution in [0.3, 0.4) is 0 Å². The average Bonchev–Trinajstić information content (AvgIpc) is 2.68. The molecule has 2 aromatic rings. The van der Waals surface area contributed by atoms with Crippen LogP contribution in [0.4, 0.5) is 5.69 Å². The van der Waals surface area contributed by atoms with Crippen molar-refractivity contribution in [2.45, 2.75) is 33.6 Å². The van der Waals surface area contributed by atoms with E-state index in [2.05, 4.69) is 37.8 Å². The molecule has 0 unspecified atom stereocenters. The fourth-order valence-corrected chi connectivity index (χ4v) is 3.76. The zero-order chi connectivity index (χ0) is 20.3. The van der Waals surface area contributed by atoms with E-state index < -0.39 is 0 Å². The first-order valence-corrected chi connectivity index (χ1v) is 10.2. The maximum atomic E-state index is 12.7. The SMILES string of the molecule is Cc1ccc(C(C)C)c(OCC(=O)N2CCN(c3cc(Cl)ccc3C)CC2)c1. The second-order valence-corrected chi connectivity index (χ2v) is 8.22. The number of nitrogens with zero attached hydrogens (tertiary/aromatic N) is 2. The smallest absolute Gasteiger partial charge is 0.260 e. The van der Waals surface area contributed by atoms with Gasteiger partial charge in [-0.05, 0) is 54.7 Å². The highest BCUT2D eigenvalue weighted by Gasteiger charge is 2.23. The summed E-state index contributed by atoms with van der Waals surface area (Å²) in [5.74, 6) is 1.21. The molecule has 0 aliphatic carbocycles. The number of carbonyl (C=O) groups is 1. The molecule has 0 spiro atoms. The Hall–Kier alpha value is -2.20. The highest BCUT2D eigenvalue weighted by molar-refractivity contribution is 6.30. The van der Waals surface area contributed by atoms with Gasteiger partial charge in [0.1, 0.15) is 5.75 Å². The Bertz CT molecular complexity index is 842. The predicted octanol–water partition coefficient (Wildman–Crippen LogP) is 4.81. The van der Waals surface area contributed by atoms with Crippen molar-refractivity contribution in [1.82, 2.24) is 4.90 Å². The van der Waals surface area contributed by atoms with Gasteiger partial charge in [0.15, 0.2) is 6.61 Å². The molecular formula is C23H29ClN2O2. The Kier molecular flexibility index (Phi) is 6.50. The van der Waals surface area contributed by atoms with E-state index in [1.807, 2.05) is 36.1 Å². The predicted molar refractivity (Wildman–Crippen MR) is 116 cm³/mol. The number of amides is 1. The van der Waals surface area contributed by atoms with Gasteiger partial charge in [-0.3, -0.25) is 4.79 Å². The quantitative estimate of drug-likeness (QED) is 0.722. The zero-order valence-electron chi connectivity index (χ0n) is 17.2. The van der Waals surface area contributed by atoms with E-state index in [-0.39, 0.29) is 12.5 Å². The van der Waals surface area contributed by atoms with E-state index in [0.717, 1.165) is 40.7 Å². The molecule has 1 aliphatic rings. The lowest BCUT2D eigenvalue weighted by Gasteiger charge is -2.36. The van der Waals surface area contributed by atoms with Crippen LogP contribution in [0.2, 0.25) is 5.02 Å². The van der Waals surface area contributed by atoms with E-state index in [1.165, 1.54) is 5.56 Å². The summed E-state index contributed by atoms with van der Waals surface area (Å²) in [5.41, 5.74) is 4.63. The Morgan fingerprint density at radius 2 is 1.79 bits per heavy atom. The average molecular weight is 401 g/mol. The van der Waals surface area contributed by atoms with Crippen LogP contribution in [0.5, 0.6) is 5.75 Å². The lowest BCUT2D eigenvalue weighted by molar-refractivity contribution is -0.133. The summed E-state index contributed by atoms with van der Waals surface area (Å²) in [5, 5.41) is 0.742. The summed E-state index contributed by atoms with van der Waals surface area (Å²) in [6.07, 6.45) is 0. The third-order valence-electron chi connectivity index (χ3n) is 5.29. The summed E-state index contributed by atoms with van der Waals surface area (Å²) in [4.78, 5) is 16.8. The van der Waals surface area contributed by atoms with Gasteiger partial charge in [-0.1, -0.05) is 43.6 Å². The van der Waals surface area contributed by atoms with Gasteiger partial charge < -0.3 is 14.5 Å². The van der Waals surface area contributed by atoms with Gasteiger partial charge in [0, 0.05) is 36.9 Å². The van der Waals surface area contributed by atoms with Crippen LogP contribution in [0.1, 0.15) is 36.5 Å². The Morgan fingerprint density at radius 1 is 1.07 bits per heavy atom. The van der Waals surface area contributed by atoms with Gasteiger partial charge in [0.2, 0.25) is 0 Å². The molecule has 0 radical (unpaired) electrons. The molecule has 0 aromatic heterocycles. The van der Waals surface area contributed by atoms with Crippen LogP contribution >= 0.6 is 11.6 Å². The highest BCUT2D eigenvalue weighted by Crippen LogP contribution is 2.28. The lowest BCUT2D eigenvalue weighted by atomic mass is 10.0. The number of benzene rings is 2. The molecule has 1 fully saturated rings. The molecule has 0 N–H and O–H groups in total. The van der Waals surface area contributed by atoms with E-state index >= 15 is 0 Å². The first-order valence-electron chi connectivity index (χ1n) is 9.87. The molecule has 1 saturated heterocycles.